The number of nitrogens with zero attached hydrogens (tertiary/aromatic N) is 1. The highest BCUT2D eigenvalue weighted by atomic mass is 19.4. The molecule has 3 amide bonds. The molecule has 2 rings (SSSR count). The van der Waals surface area contributed by atoms with Crippen molar-refractivity contribution in [2.45, 2.75) is 70.8 Å². The number of amides is 3. The summed E-state index contributed by atoms with van der Waals surface area (Å²) in [5.74, 6) is -12.0. The molecule has 1 aliphatic rings. The molecule has 1 aromatic rings. The monoisotopic (exact) mass is 509 g/mol. The second kappa shape index (κ2) is 10.8. The summed E-state index contributed by atoms with van der Waals surface area (Å²) in [7, 11) is 0. The van der Waals surface area contributed by atoms with E-state index in [4.69, 9.17) is 4.42 Å². The number of ketones is 1. The third-order valence-corrected chi connectivity index (χ3v) is 5.75. The lowest BCUT2D eigenvalue weighted by molar-refractivity contribution is -0.271. The zero-order valence-corrected chi connectivity index (χ0v) is 19.6. The van der Waals surface area contributed by atoms with E-state index < -0.39 is 65.6 Å². The molecule has 3 atom stereocenters. The summed E-state index contributed by atoms with van der Waals surface area (Å²) in [5.41, 5.74) is 0. The molecule has 0 aromatic carbocycles. The van der Waals surface area contributed by atoms with Crippen LogP contribution in [0, 0.1) is 11.8 Å². The first-order valence-electron chi connectivity index (χ1n) is 11.0. The van der Waals surface area contributed by atoms with Gasteiger partial charge in [-0.2, -0.15) is 22.0 Å². The summed E-state index contributed by atoms with van der Waals surface area (Å²) in [6, 6.07) is -1.53. The molecule has 1 saturated heterocycles. The number of rotatable bonds is 9. The van der Waals surface area contributed by atoms with Gasteiger partial charge in [-0.3, -0.25) is 29.4 Å². The minimum absolute atomic E-state index is 0.0400. The number of hydrogen-bond acceptors (Lipinski definition) is 6. The molecule has 35 heavy (non-hydrogen) atoms. The zero-order chi connectivity index (χ0) is 26.7. The Kier molecular flexibility index (Phi) is 8.79. The Morgan fingerprint density at radius 2 is 1.69 bits per heavy atom. The average Bonchev–Trinajstić information content (AvgIpc) is 3.42. The summed E-state index contributed by atoms with van der Waals surface area (Å²) in [6.45, 7) is 5.72. The summed E-state index contributed by atoms with van der Waals surface area (Å²) >= 11 is 0. The Labute approximate surface area is 198 Å². The van der Waals surface area contributed by atoms with E-state index in [2.05, 4.69) is 10.6 Å². The van der Waals surface area contributed by atoms with Gasteiger partial charge in [0, 0.05) is 0 Å². The van der Waals surface area contributed by atoms with Crippen molar-refractivity contribution in [3.63, 3.8) is 0 Å². The van der Waals surface area contributed by atoms with E-state index in [-0.39, 0.29) is 25.1 Å². The maximum atomic E-state index is 13.9. The lowest BCUT2D eigenvalue weighted by Crippen LogP contribution is -2.60. The highest BCUT2D eigenvalue weighted by Crippen LogP contribution is 2.39. The predicted octanol–water partition coefficient (Wildman–Crippen LogP) is 2.93. The standard InChI is InChI=1S/C22H28F5N3O5/c1-11(2)15(28-19(33)14-8-6-10-35-14)20(34)29-18(32)13-7-5-9-30(13)16(12(3)4)17(31)21(23,24)22(25,26)27/h6,8,10-13,15-16H,5,7,9H2,1-4H3,(H,28,33)(H,29,32,34)/t13-,15-,16?/m0/s1. The molecule has 0 bridgehead atoms. The van der Waals surface area contributed by atoms with E-state index in [0.29, 0.717) is 0 Å². The number of nitrogens with one attached hydrogen (secondary N) is 2. The summed E-state index contributed by atoms with van der Waals surface area (Å²) in [4.78, 5) is 51.2. The molecule has 13 heteroatoms. The number of likely N-dealkylation sites (tertiary alicyclic amines) is 1. The van der Waals surface area contributed by atoms with Gasteiger partial charge in [-0.05, 0) is 43.4 Å². The van der Waals surface area contributed by atoms with Crippen LogP contribution in [0.15, 0.2) is 22.8 Å². The smallest absolute Gasteiger partial charge is 0.459 e. The van der Waals surface area contributed by atoms with Gasteiger partial charge in [-0.15, -0.1) is 0 Å². The van der Waals surface area contributed by atoms with Crippen LogP contribution in [-0.2, 0) is 14.4 Å². The molecule has 0 saturated carbocycles. The van der Waals surface area contributed by atoms with Gasteiger partial charge >= 0.3 is 12.1 Å². The quantitative estimate of drug-likeness (QED) is 0.496. The van der Waals surface area contributed by atoms with Crippen LogP contribution >= 0.6 is 0 Å². The molecule has 0 aliphatic carbocycles. The summed E-state index contributed by atoms with van der Waals surface area (Å²) in [5, 5.41) is 4.53. The maximum Gasteiger partial charge on any atom is 0.461 e. The molecular weight excluding hydrogens is 481 g/mol. The van der Waals surface area contributed by atoms with Crippen molar-refractivity contribution in [3.05, 3.63) is 24.2 Å². The maximum absolute atomic E-state index is 13.9. The van der Waals surface area contributed by atoms with Crippen molar-refractivity contribution in [2.75, 3.05) is 6.54 Å². The molecule has 8 nitrogen and oxygen atoms in total. The van der Waals surface area contributed by atoms with Crippen molar-refractivity contribution in [3.8, 4) is 0 Å². The number of imide groups is 1. The first-order chi connectivity index (χ1) is 16.1. The average molecular weight is 509 g/mol. The highest BCUT2D eigenvalue weighted by molar-refractivity contribution is 6.03. The molecule has 196 valence electrons. The fraction of sp³-hybridized carbons (Fsp3) is 0.636. The molecule has 0 radical (unpaired) electrons. The van der Waals surface area contributed by atoms with Crippen molar-refractivity contribution in [2.24, 2.45) is 11.8 Å². The van der Waals surface area contributed by atoms with E-state index in [1.54, 1.807) is 13.8 Å². The van der Waals surface area contributed by atoms with Gasteiger partial charge in [-0.1, -0.05) is 27.7 Å². The lowest BCUT2D eigenvalue weighted by Gasteiger charge is -2.36. The van der Waals surface area contributed by atoms with Crippen molar-refractivity contribution >= 4 is 23.5 Å². The van der Waals surface area contributed by atoms with Gasteiger partial charge < -0.3 is 9.73 Å². The molecule has 2 heterocycles. The van der Waals surface area contributed by atoms with Crippen LogP contribution < -0.4 is 10.6 Å². The number of hydrogen-bond donors (Lipinski definition) is 2. The normalized spacial score (nSPS) is 19.0. The van der Waals surface area contributed by atoms with Gasteiger partial charge in [-0.25, -0.2) is 0 Å². The van der Waals surface area contributed by atoms with Gasteiger partial charge in [0.25, 0.3) is 5.91 Å². The Bertz CT molecular complexity index is 930. The van der Waals surface area contributed by atoms with Crippen molar-refractivity contribution in [1.82, 2.24) is 15.5 Å². The predicted molar refractivity (Wildman–Crippen MR) is 112 cm³/mol. The second-order valence-electron chi connectivity index (χ2n) is 9.05. The first-order valence-corrected chi connectivity index (χ1v) is 11.0. The third-order valence-electron chi connectivity index (χ3n) is 5.75. The molecule has 0 spiro atoms. The molecular formula is C22H28F5N3O5. The van der Waals surface area contributed by atoms with Gasteiger partial charge in [0.05, 0.1) is 18.3 Å². The van der Waals surface area contributed by atoms with Crippen LogP contribution in [0.3, 0.4) is 0 Å². The number of carbonyl (C=O) groups is 4. The van der Waals surface area contributed by atoms with Crippen molar-refractivity contribution in [1.29, 1.82) is 0 Å². The van der Waals surface area contributed by atoms with E-state index in [1.807, 2.05) is 0 Å². The molecule has 2 N–H and O–H groups in total. The van der Waals surface area contributed by atoms with Crippen molar-refractivity contribution < 1.29 is 45.5 Å². The number of furan rings is 1. The first kappa shape index (κ1) is 28.4. The van der Waals surface area contributed by atoms with Crippen LogP contribution in [0.4, 0.5) is 22.0 Å². The Balaban J connectivity index is 2.19. The molecule has 1 aliphatic heterocycles. The van der Waals surface area contributed by atoms with Gasteiger partial charge in [0.2, 0.25) is 17.6 Å². The molecule has 1 unspecified atom stereocenters. The van der Waals surface area contributed by atoms with Crippen LogP contribution in [0.25, 0.3) is 0 Å². The molecule has 1 aromatic heterocycles. The van der Waals surface area contributed by atoms with Gasteiger partial charge in [0.15, 0.2) is 5.76 Å². The Hall–Kier alpha value is -2.83. The minimum Gasteiger partial charge on any atom is -0.459 e. The SMILES string of the molecule is CC(C)C(C(=O)C(F)(F)C(F)(F)F)N1CCC[C@H]1C(=O)NC(=O)[C@@H](NC(=O)c1ccco1)C(C)C. The minimum atomic E-state index is -6.08. The van der Waals surface area contributed by atoms with E-state index in [0.717, 1.165) is 4.90 Å². The largest absolute Gasteiger partial charge is 0.461 e. The number of alkyl halides is 5. The summed E-state index contributed by atoms with van der Waals surface area (Å²) in [6.07, 6.45) is -4.55. The van der Waals surface area contributed by atoms with Gasteiger partial charge in [0.1, 0.15) is 6.04 Å². The number of halogens is 5. The third kappa shape index (κ3) is 6.24. The van der Waals surface area contributed by atoms with E-state index in [1.165, 1.54) is 32.2 Å². The summed E-state index contributed by atoms with van der Waals surface area (Å²) < 4.78 is 71.2. The topological polar surface area (TPSA) is 109 Å². The molecule has 1 fully saturated rings. The zero-order valence-electron chi connectivity index (χ0n) is 19.6. The van der Waals surface area contributed by atoms with Crippen LogP contribution in [0.1, 0.15) is 51.1 Å². The Morgan fingerprint density at radius 3 is 2.17 bits per heavy atom. The fourth-order valence-electron chi connectivity index (χ4n) is 4.00. The fourth-order valence-corrected chi connectivity index (χ4v) is 4.00. The lowest BCUT2D eigenvalue weighted by atomic mass is 9.93. The number of carbonyl (C=O) groups excluding carboxylic acids is 4. The second-order valence-corrected chi connectivity index (χ2v) is 9.05. The highest BCUT2D eigenvalue weighted by Gasteiger charge is 2.65. The van der Waals surface area contributed by atoms with E-state index in [9.17, 15) is 41.1 Å². The number of Topliss-reactive ketones (excluding diaryl/α,β-unsaturated/α-hetero) is 1. The Morgan fingerprint density at radius 1 is 1.06 bits per heavy atom. The van der Waals surface area contributed by atoms with Crippen LogP contribution in [-0.4, -0.2) is 65.2 Å². The van der Waals surface area contributed by atoms with Crippen LogP contribution in [0.2, 0.25) is 0 Å². The van der Waals surface area contributed by atoms with E-state index >= 15 is 0 Å². The van der Waals surface area contributed by atoms with Crippen LogP contribution in [0.5, 0.6) is 0 Å².